The summed E-state index contributed by atoms with van der Waals surface area (Å²) in [4.78, 5) is 46.0. The zero-order chi connectivity index (χ0) is 30.1. The van der Waals surface area contributed by atoms with Crippen molar-refractivity contribution in [2.24, 2.45) is 0 Å². The fraction of sp³-hybridized carbons (Fsp3) is 0.516. The lowest BCUT2D eigenvalue weighted by molar-refractivity contribution is -0.942. The SMILES string of the molecule is CN(C)C1CCN(C2(CC=O)CC(N3CCc4ccccc4NC3=O)CC[N@+]2(Cc2ccc(O)c(Br)c2)C(=O)O)CC1. The molecule has 3 atom stereocenters. The summed E-state index contributed by atoms with van der Waals surface area (Å²) in [5.74, 6) is 0.0809. The monoisotopic (exact) mass is 642 g/mol. The lowest BCUT2D eigenvalue weighted by Crippen LogP contribution is -2.78. The topological polar surface area (TPSA) is 113 Å². The number of anilines is 1. The van der Waals surface area contributed by atoms with Gasteiger partial charge in [0.1, 0.15) is 18.6 Å². The number of urea groups is 1. The van der Waals surface area contributed by atoms with E-state index in [0.29, 0.717) is 49.4 Å². The number of benzene rings is 2. The van der Waals surface area contributed by atoms with Crippen molar-refractivity contribution in [1.29, 1.82) is 0 Å². The number of carboxylic acid groups (broad SMARTS) is 1. The molecule has 0 aromatic heterocycles. The number of phenolic OH excluding ortho intramolecular Hbond substituents is 1. The molecule has 42 heavy (non-hydrogen) atoms. The van der Waals surface area contributed by atoms with E-state index in [2.05, 4.69) is 45.1 Å². The van der Waals surface area contributed by atoms with Crippen molar-refractivity contribution in [2.45, 2.75) is 62.8 Å². The number of halogens is 1. The lowest BCUT2D eigenvalue weighted by atomic mass is 9.81. The molecule has 3 aliphatic heterocycles. The van der Waals surface area contributed by atoms with Gasteiger partial charge in [0.05, 0.1) is 17.4 Å². The van der Waals surface area contributed by atoms with Crippen LogP contribution in [-0.4, -0.2) is 106 Å². The lowest BCUT2D eigenvalue weighted by Gasteiger charge is -2.59. The molecule has 3 heterocycles. The van der Waals surface area contributed by atoms with Crippen molar-refractivity contribution in [1.82, 2.24) is 14.7 Å². The minimum atomic E-state index is -1.06. The molecule has 11 heteroatoms. The van der Waals surface area contributed by atoms with Crippen LogP contribution >= 0.6 is 15.9 Å². The third-order valence-electron chi connectivity index (χ3n) is 9.81. The number of aromatic hydroxyl groups is 1. The molecule has 226 valence electrons. The quantitative estimate of drug-likeness (QED) is 0.296. The first-order chi connectivity index (χ1) is 20.1. The van der Waals surface area contributed by atoms with Crippen LogP contribution in [0.1, 0.15) is 43.2 Å². The summed E-state index contributed by atoms with van der Waals surface area (Å²) >= 11 is 3.38. The second-order valence-corrected chi connectivity index (χ2v) is 13.0. The molecule has 2 saturated heterocycles. The number of hydrogen-bond acceptors (Lipinski definition) is 6. The zero-order valence-electron chi connectivity index (χ0n) is 24.3. The first kappa shape index (κ1) is 30.5. The number of hydrogen-bond donors (Lipinski definition) is 3. The highest BCUT2D eigenvalue weighted by Crippen LogP contribution is 2.46. The molecule has 2 unspecified atom stereocenters. The van der Waals surface area contributed by atoms with Gasteiger partial charge < -0.3 is 30.1 Å². The van der Waals surface area contributed by atoms with Crippen molar-refractivity contribution in [2.75, 3.05) is 45.6 Å². The Balaban J connectivity index is 1.55. The highest BCUT2D eigenvalue weighted by molar-refractivity contribution is 9.10. The van der Waals surface area contributed by atoms with Crippen LogP contribution < -0.4 is 5.32 Å². The van der Waals surface area contributed by atoms with Gasteiger partial charge in [-0.3, -0.25) is 4.90 Å². The average molecular weight is 644 g/mol. The maximum Gasteiger partial charge on any atom is 0.515 e. The van der Waals surface area contributed by atoms with Gasteiger partial charge in [-0.2, -0.15) is 4.79 Å². The standard InChI is InChI=1S/C31H40BrN5O5/c1-34(2)24-10-14-35(15-11-24)31(13-18-38)20-25(36-16-9-23-5-3-4-6-27(23)33-29(36)40)12-17-37(31,30(41)42)21-22-7-8-28(39)26(32)19-22/h3-8,18-19,24-25H,9-17,20-21H2,1-2H3,(H2-,33,39,40,41,42)/p+1/t25?,31?,37-/m0/s1. The number of rotatable bonds is 7. The van der Waals surface area contributed by atoms with E-state index in [1.165, 1.54) is 0 Å². The molecule has 5 rings (SSSR count). The predicted octanol–water partition coefficient (Wildman–Crippen LogP) is 4.71. The number of phenols is 1. The van der Waals surface area contributed by atoms with E-state index >= 15 is 0 Å². The van der Waals surface area contributed by atoms with Crippen molar-refractivity contribution in [3.63, 3.8) is 0 Å². The third-order valence-corrected chi connectivity index (χ3v) is 10.4. The van der Waals surface area contributed by atoms with Gasteiger partial charge in [-0.25, -0.2) is 9.28 Å². The van der Waals surface area contributed by atoms with Crippen LogP contribution in [0.4, 0.5) is 15.3 Å². The number of amides is 3. The van der Waals surface area contributed by atoms with Gasteiger partial charge in [0.25, 0.3) is 0 Å². The Morgan fingerprint density at radius 2 is 1.90 bits per heavy atom. The second kappa shape index (κ2) is 12.3. The maximum atomic E-state index is 13.6. The molecule has 2 aromatic rings. The van der Waals surface area contributed by atoms with Gasteiger partial charge in [-0.1, -0.05) is 18.2 Å². The first-order valence-corrected chi connectivity index (χ1v) is 15.5. The highest BCUT2D eigenvalue weighted by Gasteiger charge is 2.63. The predicted molar refractivity (Wildman–Crippen MR) is 163 cm³/mol. The molecule has 0 aliphatic carbocycles. The number of para-hydroxylation sites is 1. The molecule has 2 fully saturated rings. The Morgan fingerprint density at radius 3 is 2.57 bits per heavy atom. The Kier molecular flexibility index (Phi) is 8.94. The Hall–Kier alpha value is -2.99. The number of quaternary nitrogens is 1. The summed E-state index contributed by atoms with van der Waals surface area (Å²) in [7, 11) is 4.13. The number of piperidine rings is 2. The van der Waals surface area contributed by atoms with Gasteiger partial charge in [0.2, 0.25) is 0 Å². The number of likely N-dealkylation sites (tertiary alicyclic amines) is 2. The van der Waals surface area contributed by atoms with Crippen LogP contribution in [0.2, 0.25) is 0 Å². The minimum absolute atomic E-state index is 0.0391. The minimum Gasteiger partial charge on any atom is -0.507 e. The Morgan fingerprint density at radius 1 is 1.17 bits per heavy atom. The molecule has 3 aliphatic rings. The van der Waals surface area contributed by atoms with E-state index in [0.717, 1.165) is 35.9 Å². The third kappa shape index (κ3) is 5.55. The summed E-state index contributed by atoms with van der Waals surface area (Å²) in [6.07, 6.45) is 3.20. The Labute approximate surface area is 255 Å². The highest BCUT2D eigenvalue weighted by atomic mass is 79.9. The van der Waals surface area contributed by atoms with Crippen LogP contribution in [0.3, 0.4) is 0 Å². The van der Waals surface area contributed by atoms with Gasteiger partial charge in [0.15, 0.2) is 5.66 Å². The maximum absolute atomic E-state index is 13.6. The van der Waals surface area contributed by atoms with Crippen LogP contribution in [0, 0.1) is 0 Å². The molecule has 0 spiro atoms. The zero-order valence-corrected chi connectivity index (χ0v) is 25.9. The number of fused-ring (bicyclic) bond motifs is 1. The molecule has 0 radical (unpaired) electrons. The molecule has 2 aromatic carbocycles. The van der Waals surface area contributed by atoms with Gasteiger partial charge in [-0.05, 0) is 79.1 Å². The fourth-order valence-corrected chi connectivity index (χ4v) is 7.91. The number of aldehydes is 1. The largest absolute Gasteiger partial charge is 0.515 e. The molecule has 10 nitrogen and oxygen atoms in total. The smallest absolute Gasteiger partial charge is 0.507 e. The van der Waals surface area contributed by atoms with E-state index in [1.54, 1.807) is 18.2 Å². The molecular formula is C31H41BrN5O5+. The Bertz CT molecular complexity index is 1330. The van der Waals surface area contributed by atoms with Crippen LogP contribution in [0.25, 0.3) is 0 Å². The number of carbonyl (C=O) groups is 3. The molecule has 0 bridgehead atoms. The summed E-state index contributed by atoms with van der Waals surface area (Å²) in [6.45, 7) is 2.25. The molecule has 3 N–H and O–H groups in total. The average Bonchev–Trinajstić information content (AvgIpc) is 3.14. The van der Waals surface area contributed by atoms with Crippen molar-refractivity contribution in [3.05, 3.63) is 58.1 Å². The molecular weight excluding hydrogens is 602 g/mol. The van der Waals surface area contributed by atoms with E-state index in [9.17, 15) is 24.6 Å². The van der Waals surface area contributed by atoms with Gasteiger partial charge in [-0.15, -0.1) is 0 Å². The normalized spacial score (nSPS) is 27.3. The second-order valence-electron chi connectivity index (χ2n) is 12.1. The van der Waals surface area contributed by atoms with E-state index in [-0.39, 0.29) is 41.8 Å². The molecule has 3 amide bonds. The number of nitrogens with one attached hydrogen (secondary N) is 1. The van der Waals surface area contributed by atoms with Crippen LogP contribution in [-0.2, 0) is 17.8 Å². The number of nitrogens with zero attached hydrogens (tertiary/aromatic N) is 4. The molecule has 0 saturated carbocycles. The van der Waals surface area contributed by atoms with Crippen molar-refractivity contribution >= 4 is 40.0 Å². The summed E-state index contributed by atoms with van der Waals surface area (Å²) in [5, 5.41) is 24.3. The van der Waals surface area contributed by atoms with E-state index in [4.69, 9.17) is 0 Å². The van der Waals surface area contributed by atoms with E-state index < -0.39 is 11.8 Å². The van der Waals surface area contributed by atoms with Crippen LogP contribution in [0.15, 0.2) is 46.9 Å². The van der Waals surface area contributed by atoms with Crippen molar-refractivity contribution in [3.8, 4) is 5.75 Å². The summed E-state index contributed by atoms with van der Waals surface area (Å²) < 4.78 is 0.161. The fourth-order valence-electron chi connectivity index (χ4n) is 7.48. The van der Waals surface area contributed by atoms with Gasteiger partial charge >= 0.3 is 12.1 Å². The first-order valence-electron chi connectivity index (χ1n) is 14.7. The summed E-state index contributed by atoms with van der Waals surface area (Å²) in [6, 6.07) is 12.8. The summed E-state index contributed by atoms with van der Waals surface area (Å²) in [5.41, 5.74) is 1.57. The van der Waals surface area contributed by atoms with Crippen molar-refractivity contribution < 1.29 is 29.1 Å². The van der Waals surface area contributed by atoms with E-state index in [1.807, 2.05) is 29.2 Å². The van der Waals surface area contributed by atoms with Gasteiger partial charge in [0, 0.05) is 55.8 Å². The van der Waals surface area contributed by atoms with Crippen LogP contribution in [0.5, 0.6) is 5.75 Å². The number of carbonyl (C=O) groups excluding carboxylic acids is 2.